The van der Waals surface area contributed by atoms with Crippen LogP contribution in [0.2, 0.25) is 0 Å². The second-order valence-electron chi connectivity index (χ2n) is 2.31. The van der Waals surface area contributed by atoms with E-state index in [-0.39, 0.29) is 16.1 Å². The summed E-state index contributed by atoms with van der Waals surface area (Å²) < 4.78 is 42.2. The van der Waals surface area contributed by atoms with Crippen LogP contribution in [0.15, 0.2) is 12.2 Å². The molecule has 0 aliphatic heterocycles. The number of alkyl halides is 1. The van der Waals surface area contributed by atoms with Crippen molar-refractivity contribution < 1.29 is 16.8 Å². The molecule has 13 heavy (non-hydrogen) atoms. The quantitative estimate of drug-likeness (QED) is 0.429. The van der Waals surface area contributed by atoms with Crippen molar-refractivity contribution in [1.82, 2.24) is 0 Å². The number of halogens is 1. The summed E-state index contributed by atoms with van der Waals surface area (Å²) in [6, 6.07) is 0. The fourth-order valence-corrected chi connectivity index (χ4v) is 2.65. The fraction of sp³-hybridized carbons (Fsp3) is 0.333. The largest absolute Gasteiger partial charge is 0.219 e. The summed E-state index contributed by atoms with van der Waals surface area (Å²) in [7, 11) is -4.90. The van der Waals surface area contributed by atoms with E-state index in [0.717, 1.165) is 0 Å². The molecule has 0 spiro atoms. The molecule has 0 radical (unpaired) electrons. The van der Waals surface area contributed by atoms with E-state index < -0.39 is 26.0 Å². The van der Waals surface area contributed by atoms with Gasteiger partial charge in [-0.1, -0.05) is 6.08 Å². The third kappa shape index (κ3) is 2.20. The Balaban J connectivity index is 3.44. The Kier molecular flexibility index (Phi) is 3.29. The van der Waals surface area contributed by atoms with Gasteiger partial charge in [-0.2, -0.15) is 16.8 Å². The molecule has 0 saturated heterocycles. The van der Waals surface area contributed by atoms with Gasteiger partial charge in [0.2, 0.25) is 20.6 Å². The molecule has 0 N–H and O–H groups in total. The highest BCUT2D eigenvalue weighted by Gasteiger charge is 2.22. The molecule has 0 heterocycles. The Morgan fingerprint density at radius 3 is 2.31 bits per heavy atom. The van der Waals surface area contributed by atoms with E-state index in [1.165, 1.54) is 12.2 Å². The number of hydrogen-bond acceptors (Lipinski definition) is 4. The Hall–Kier alpha value is -0.590. The molecular weight excluding hydrogens is 236 g/mol. The summed E-state index contributed by atoms with van der Waals surface area (Å²) in [6.07, 6.45) is 2.94. The van der Waals surface area contributed by atoms with Crippen LogP contribution in [0.4, 0.5) is 0 Å². The molecule has 0 bridgehead atoms. The van der Waals surface area contributed by atoms with Gasteiger partial charge >= 0.3 is 0 Å². The summed E-state index contributed by atoms with van der Waals surface area (Å²) in [5.41, 5.74) is 0. The standard InChI is InChI=1S/C6H5ClO4S2/c7-6-4(12(8)9)2-1-3-5(6)13(10)11/h1-2,6H,3H2. The molecular formula is C6H5ClO4S2. The fourth-order valence-electron chi connectivity index (χ4n) is 0.930. The smallest absolute Gasteiger partial charge is 0.185 e. The Bertz CT molecular complexity index is 493. The molecule has 1 aliphatic rings. The highest BCUT2D eigenvalue weighted by molar-refractivity contribution is 7.75. The normalized spacial score (nSPS) is 21.8. The van der Waals surface area contributed by atoms with Crippen LogP contribution in [0.3, 0.4) is 0 Å². The molecule has 7 heteroatoms. The predicted octanol–water partition coefficient (Wildman–Crippen LogP) is -0.343. The van der Waals surface area contributed by atoms with Gasteiger partial charge in [0.05, 0.1) is 9.73 Å². The molecule has 1 unspecified atom stereocenters. The summed E-state index contributed by atoms with van der Waals surface area (Å²) in [5.74, 6) is 0. The number of rotatable bonds is 0. The summed E-state index contributed by atoms with van der Waals surface area (Å²) >= 11 is 5.63. The minimum absolute atomic E-state index is 0.0108. The average molecular weight is 241 g/mol. The van der Waals surface area contributed by atoms with E-state index in [2.05, 4.69) is 0 Å². The van der Waals surface area contributed by atoms with Crippen LogP contribution >= 0.6 is 11.6 Å². The minimum Gasteiger partial charge on any atom is -0.185 e. The Labute approximate surface area is 82.9 Å². The molecule has 1 atom stereocenters. The van der Waals surface area contributed by atoms with Gasteiger partial charge in [-0.05, 0) is 6.08 Å². The lowest BCUT2D eigenvalue weighted by atomic mass is 10.1. The summed E-state index contributed by atoms with van der Waals surface area (Å²) in [5, 5.41) is -1.05. The lowest BCUT2D eigenvalue weighted by Gasteiger charge is -2.10. The van der Waals surface area contributed by atoms with E-state index in [9.17, 15) is 16.8 Å². The molecule has 0 amide bonds. The van der Waals surface area contributed by atoms with Gasteiger partial charge in [0.15, 0.2) is 0 Å². The predicted molar refractivity (Wildman–Crippen MR) is 51.3 cm³/mol. The van der Waals surface area contributed by atoms with Gasteiger partial charge in [-0.3, -0.25) is 0 Å². The molecule has 72 valence electrons. The molecule has 0 aromatic heterocycles. The maximum absolute atomic E-state index is 10.6. The van der Waals surface area contributed by atoms with Gasteiger partial charge in [-0.25, -0.2) is 0 Å². The molecule has 0 aromatic rings. The zero-order valence-corrected chi connectivity index (χ0v) is 8.66. The number of allylic oxidation sites excluding steroid dienone is 2. The second-order valence-corrected chi connectivity index (χ2v) is 4.68. The van der Waals surface area contributed by atoms with Gasteiger partial charge in [0.25, 0.3) is 0 Å². The monoisotopic (exact) mass is 240 g/mol. The lowest BCUT2D eigenvalue weighted by molar-refractivity contribution is 0.626. The van der Waals surface area contributed by atoms with Crippen LogP contribution in [0, 0.1) is 0 Å². The Morgan fingerprint density at radius 1 is 1.23 bits per heavy atom. The van der Waals surface area contributed by atoms with E-state index in [1.807, 2.05) is 0 Å². The van der Waals surface area contributed by atoms with Crippen LogP contribution in [0.25, 0.3) is 0 Å². The van der Waals surface area contributed by atoms with Crippen LogP contribution in [0.1, 0.15) is 6.42 Å². The lowest BCUT2D eigenvalue weighted by Crippen LogP contribution is -2.27. The first kappa shape index (κ1) is 10.5. The highest BCUT2D eigenvalue weighted by Crippen LogP contribution is 2.11. The first-order chi connectivity index (χ1) is 6.04. The third-order valence-corrected chi connectivity index (χ3v) is 3.88. The zero-order valence-electron chi connectivity index (χ0n) is 6.27. The van der Waals surface area contributed by atoms with Crippen LogP contribution in [-0.4, -0.2) is 31.9 Å². The summed E-state index contributed by atoms with van der Waals surface area (Å²) in [6.45, 7) is 0. The van der Waals surface area contributed by atoms with Crippen molar-refractivity contribution in [3.8, 4) is 0 Å². The van der Waals surface area contributed by atoms with Crippen LogP contribution < -0.4 is 0 Å². The molecule has 4 nitrogen and oxygen atoms in total. The topological polar surface area (TPSA) is 68.3 Å². The molecule has 1 rings (SSSR count). The maximum atomic E-state index is 10.6. The van der Waals surface area contributed by atoms with Crippen molar-refractivity contribution in [1.29, 1.82) is 0 Å². The highest BCUT2D eigenvalue weighted by atomic mass is 35.5. The first-order valence-electron chi connectivity index (χ1n) is 3.25. The average Bonchev–Trinajstić information content (AvgIpc) is 2.03. The molecule has 0 saturated carbocycles. The zero-order chi connectivity index (χ0) is 10.0. The van der Waals surface area contributed by atoms with Gasteiger partial charge in [0.1, 0.15) is 5.38 Å². The van der Waals surface area contributed by atoms with Gasteiger partial charge in [0, 0.05) is 6.42 Å². The molecule has 0 fully saturated rings. The van der Waals surface area contributed by atoms with Gasteiger partial charge < -0.3 is 0 Å². The van der Waals surface area contributed by atoms with Crippen molar-refractivity contribution in [3.63, 3.8) is 0 Å². The van der Waals surface area contributed by atoms with Crippen molar-refractivity contribution in [3.05, 3.63) is 12.2 Å². The number of hydrogen-bond donors (Lipinski definition) is 0. The van der Waals surface area contributed by atoms with Crippen molar-refractivity contribution in [2.45, 2.75) is 11.8 Å². The molecule has 1 aliphatic carbocycles. The minimum atomic E-state index is -2.47. The van der Waals surface area contributed by atoms with Crippen molar-refractivity contribution >= 4 is 41.9 Å². The SMILES string of the molecule is O=S(=O)=C1C=CCC(=S(=O)=O)C1Cl. The van der Waals surface area contributed by atoms with Crippen LogP contribution in [-0.2, 0) is 20.6 Å². The Morgan fingerprint density at radius 2 is 1.85 bits per heavy atom. The van der Waals surface area contributed by atoms with Crippen molar-refractivity contribution in [2.24, 2.45) is 0 Å². The van der Waals surface area contributed by atoms with E-state index >= 15 is 0 Å². The first-order valence-corrected chi connectivity index (χ1v) is 5.84. The van der Waals surface area contributed by atoms with E-state index in [4.69, 9.17) is 11.6 Å². The molecule has 0 aromatic carbocycles. The maximum Gasteiger partial charge on any atom is 0.219 e. The van der Waals surface area contributed by atoms with Gasteiger partial charge in [-0.15, -0.1) is 11.6 Å². The van der Waals surface area contributed by atoms with E-state index in [1.54, 1.807) is 0 Å². The van der Waals surface area contributed by atoms with Crippen LogP contribution in [0.5, 0.6) is 0 Å². The van der Waals surface area contributed by atoms with E-state index in [0.29, 0.717) is 0 Å². The van der Waals surface area contributed by atoms with Crippen molar-refractivity contribution in [2.75, 3.05) is 0 Å². The third-order valence-electron chi connectivity index (χ3n) is 1.54. The summed E-state index contributed by atoms with van der Waals surface area (Å²) in [4.78, 5) is -0.115. The second kappa shape index (κ2) is 4.08.